The minimum atomic E-state index is -0.480. The molecular weight excluding hydrogens is 257 g/mol. The number of nitriles is 1. The first-order chi connectivity index (χ1) is 9.60. The van der Waals surface area contributed by atoms with Gasteiger partial charge in [0.05, 0.1) is 17.2 Å². The first-order valence-electron chi connectivity index (χ1n) is 6.07. The van der Waals surface area contributed by atoms with Gasteiger partial charge in [-0.1, -0.05) is 12.1 Å². The fourth-order valence-electron chi connectivity index (χ4n) is 1.71. The minimum Gasteiger partial charge on any atom is -0.454 e. The topological polar surface area (TPSA) is 50.1 Å². The number of rotatable bonds is 3. The monoisotopic (exact) mass is 269 g/mol. The lowest BCUT2D eigenvalue weighted by Crippen LogP contribution is -2.09. The average molecular weight is 269 g/mol. The molecule has 4 heteroatoms. The molecule has 100 valence electrons. The lowest BCUT2D eigenvalue weighted by atomic mass is 10.1. The summed E-state index contributed by atoms with van der Waals surface area (Å²) in [4.78, 5) is 11.9. The Kier molecular flexibility index (Phi) is 4.11. The van der Waals surface area contributed by atoms with Crippen molar-refractivity contribution in [1.29, 1.82) is 5.26 Å². The van der Waals surface area contributed by atoms with Gasteiger partial charge >= 0.3 is 5.97 Å². The van der Waals surface area contributed by atoms with Crippen LogP contribution in [0.3, 0.4) is 0 Å². The number of hydrogen-bond acceptors (Lipinski definition) is 3. The molecule has 2 aromatic carbocycles. The van der Waals surface area contributed by atoms with Gasteiger partial charge in [0.2, 0.25) is 0 Å². The van der Waals surface area contributed by atoms with Crippen molar-refractivity contribution in [3.63, 3.8) is 0 Å². The Morgan fingerprint density at radius 1 is 1.15 bits per heavy atom. The highest BCUT2D eigenvalue weighted by molar-refractivity contribution is 5.89. The predicted molar refractivity (Wildman–Crippen MR) is 71.4 cm³/mol. The van der Waals surface area contributed by atoms with Gasteiger partial charge in [-0.25, -0.2) is 9.18 Å². The van der Waals surface area contributed by atoms with Crippen molar-refractivity contribution in [2.75, 3.05) is 0 Å². The van der Waals surface area contributed by atoms with E-state index in [2.05, 4.69) is 0 Å². The summed E-state index contributed by atoms with van der Waals surface area (Å²) in [5.41, 5.74) is 1.57. The summed E-state index contributed by atoms with van der Waals surface area (Å²) in [5, 5.41) is 8.69. The summed E-state index contributed by atoms with van der Waals surface area (Å²) in [6, 6.07) is 14.0. The molecule has 1 atom stereocenters. The van der Waals surface area contributed by atoms with Gasteiger partial charge in [-0.3, -0.25) is 0 Å². The zero-order valence-corrected chi connectivity index (χ0v) is 10.8. The molecule has 0 aliphatic heterocycles. The molecule has 0 aliphatic carbocycles. The van der Waals surface area contributed by atoms with Crippen LogP contribution in [0.1, 0.15) is 34.5 Å². The van der Waals surface area contributed by atoms with Crippen LogP contribution < -0.4 is 0 Å². The summed E-state index contributed by atoms with van der Waals surface area (Å²) in [6.07, 6.45) is -0.473. The predicted octanol–water partition coefficient (Wildman–Crippen LogP) is 3.62. The Balaban J connectivity index is 2.06. The maximum absolute atomic E-state index is 12.8. The van der Waals surface area contributed by atoms with Crippen molar-refractivity contribution in [2.24, 2.45) is 0 Å². The number of halogens is 1. The lowest BCUT2D eigenvalue weighted by Gasteiger charge is -2.13. The van der Waals surface area contributed by atoms with E-state index in [1.165, 1.54) is 24.3 Å². The first-order valence-corrected chi connectivity index (χ1v) is 6.07. The average Bonchev–Trinajstić information content (AvgIpc) is 2.48. The summed E-state index contributed by atoms with van der Waals surface area (Å²) in [7, 11) is 0. The molecule has 0 aromatic heterocycles. The van der Waals surface area contributed by atoms with Gasteiger partial charge in [-0.2, -0.15) is 5.26 Å². The van der Waals surface area contributed by atoms with Crippen molar-refractivity contribution < 1.29 is 13.9 Å². The maximum atomic E-state index is 12.8. The van der Waals surface area contributed by atoms with E-state index in [1.54, 1.807) is 31.2 Å². The molecule has 2 aromatic rings. The Labute approximate surface area is 116 Å². The Bertz CT molecular complexity index is 642. The number of nitrogens with zero attached hydrogens (tertiary/aromatic N) is 1. The highest BCUT2D eigenvalue weighted by atomic mass is 19.1. The molecule has 2 rings (SSSR count). The highest BCUT2D eigenvalue weighted by Crippen LogP contribution is 2.19. The number of ether oxygens (including phenoxy) is 1. The second-order valence-electron chi connectivity index (χ2n) is 4.29. The van der Waals surface area contributed by atoms with E-state index >= 15 is 0 Å². The van der Waals surface area contributed by atoms with E-state index in [4.69, 9.17) is 10.00 Å². The molecule has 0 bridgehead atoms. The van der Waals surface area contributed by atoms with Crippen molar-refractivity contribution in [3.05, 3.63) is 71.0 Å². The number of esters is 1. The van der Waals surface area contributed by atoms with Crippen LogP contribution in [0.5, 0.6) is 0 Å². The summed E-state index contributed by atoms with van der Waals surface area (Å²) >= 11 is 0. The Morgan fingerprint density at radius 2 is 1.75 bits per heavy atom. The number of benzene rings is 2. The summed E-state index contributed by atoms with van der Waals surface area (Å²) < 4.78 is 18.1. The smallest absolute Gasteiger partial charge is 0.338 e. The quantitative estimate of drug-likeness (QED) is 0.800. The van der Waals surface area contributed by atoms with Crippen LogP contribution in [0.25, 0.3) is 0 Å². The molecule has 0 aliphatic rings. The molecule has 0 spiro atoms. The molecule has 0 heterocycles. The third-order valence-electron chi connectivity index (χ3n) is 2.87. The van der Waals surface area contributed by atoms with E-state index in [-0.39, 0.29) is 5.82 Å². The number of carbonyl (C=O) groups excluding carboxylic acids is 1. The zero-order valence-electron chi connectivity index (χ0n) is 10.8. The highest BCUT2D eigenvalue weighted by Gasteiger charge is 2.13. The molecule has 0 amide bonds. The van der Waals surface area contributed by atoms with E-state index in [0.29, 0.717) is 16.7 Å². The van der Waals surface area contributed by atoms with Gasteiger partial charge < -0.3 is 4.74 Å². The van der Waals surface area contributed by atoms with Crippen LogP contribution in [0, 0.1) is 17.1 Å². The molecule has 0 saturated carbocycles. The lowest BCUT2D eigenvalue weighted by molar-refractivity contribution is 0.0338. The van der Waals surface area contributed by atoms with Gasteiger partial charge in [-0.15, -0.1) is 0 Å². The standard InChI is InChI=1S/C16H12FNO2/c1-11(13-6-8-15(17)9-7-13)20-16(19)14-4-2-12(10-18)3-5-14/h2-9,11H,1H3/t11-/m1/s1. The van der Waals surface area contributed by atoms with E-state index in [1.807, 2.05) is 6.07 Å². The van der Waals surface area contributed by atoms with Gasteiger partial charge in [0.15, 0.2) is 0 Å². The van der Waals surface area contributed by atoms with E-state index < -0.39 is 12.1 Å². The first kappa shape index (κ1) is 13.8. The van der Waals surface area contributed by atoms with E-state index in [0.717, 1.165) is 0 Å². The van der Waals surface area contributed by atoms with Crippen LogP contribution in [0.15, 0.2) is 48.5 Å². The third kappa shape index (κ3) is 3.21. The molecular formula is C16H12FNO2. The van der Waals surface area contributed by atoms with Gasteiger partial charge in [-0.05, 0) is 48.9 Å². The zero-order chi connectivity index (χ0) is 14.5. The second-order valence-corrected chi connectivity index (χ2v) is 4.29. The van der Waals surface area contributed by atoms with Crippen LogP contribution in [-0.2, 0) is 4.74 Å². The number of hydrogen-bond donors (Lipinski definition) is 0. The van der Waals surface area contributed by atoms with Crippen LogP contribution in [0.4, 0.5) is 4.39 Å². The van der Waals surface area contributed by atoms with Gasteiger partial charge in [0.1, 0.15) is 11.9 Å². The molecule has 0 unspecified atom stereocenters. The SMILES string of the molecule is C[C@@H](OC(=O)c1ccc(C#N)cc1)c1ccc(F)cc1. The fraction of sp³-hybridized carbons (Fsp3) is 0.125. The molecule has 0 radical (unpaired) electrons. The van der Waals surface area contributed by atoms with Crippen molar-refractivity contribution in [2.45, 2.75) is 13.0 Å². The Hall–Kier alpha value is -2.67. The largest absolute Gasteiger partial charge is 0.454 e. The van der Waals surface area contributed by atoms with Crippen LogP contribution in [-0.4, -0.2) is 5.97 Å². The summed E-state index contributed by atoms with van der Waals surface area (Å²) in [6.45, 7) is 1.72. The molecule has 0 saturated heterocycles. The van der Waals surface area contributed by atoms with Gasteiger partial charge in [0.25, 0.3) is 0 Å². The fourth-order valence-corrected chi connectivity index (χ4v) is 1.71. The normalized spacial score (nSPS) is 11.4. The van der Waals surface area contributed by atoms with Crippen molar-refractivity contribution >= 4 is 5.97 Å². The molecule has 20 heavy (non-hydrogen) atoms. The van der Waals surface area contributed by atoms with E-state index in [9.17, 15) is 9.18 Å². The molecule has 3 nitrogen and oxygen atoms in total. The van der Waals surface area contributed by atoms with Crippen LogP contribution >= 0.6 is 0 Å². The second kappa shape index (κ2) is 5.98. The maximum Gasteiger partial charge on any atom is 0.338 e. The molecule has 0 N–H and O–H groups in total. The van der Waals surface area contributed by atoms with Crippen LogP contribution in [0.2, 0.25) is 0 Å². The Morgan fingerprint density at radius 3 is 2.30 bits per heavy atom. The van der Waals surface area contributed by atoms with Crippen molar-refractivity contribution in [3.8, 4) is 6.07 Å². The minimum absolute atomic E-state index is 0.334. The molecule has 0 fully saturated rings. The third-order valence-corrected chi connectivity index (χ3v) is 2.87. The van der Waals surface area contributed by atoms with Gasteiger partial charge in [0, 0.05) is 0 Å². The summed E-state index contributed by atoms with van der Waals surface area (Å²) in [5.74, 6) is -0.814. The number of carbonyl (C=O) groups is 1. The van der Waals surface area contributed by atoms with Crippen molar-refractivity contribution in [1.82, 2.24) is 0 Å².